The summed E-state index contributed by atoms with van der Waals surface area (Å²) in [5.41, 5.74) is 3.92. The molecule has 18 heavy (non-hydrogen) atoms. The molecule has 1 radical (unpaired) electrons. The molecule has 0 bridgehead atoms. The average Bonchev–Trinajstić information content (AvgIpc) is 2.41. The summed E-state index contributed by atoms with van der Waals surface area (Å²) < 4.78 is 0. The number of hydrogen-bond donors (Lipinski definition) is 0. The lowest BCUT2D eigenvalue weighted by atomic mass is 9.70. The fraction of sp³-hybridized carbons (Fsp3) is 0.176. The van der Waals surface area contributed by atoms with E-state index in [1.54, 1.807) is 0 Å². The normalized spacial score (nSPS) is 10.7. The maximum atomic E-state index is 2.26. The summed E-state index contributed by atoms with van der Waals surface area (Å²) in [6, 6.07) is 19.1. The van der Waals surface area contributed by atoms with Gasteiger partial charge in [0.05, 0.1) is 0 Å². The second kappa shape index (κ2) is 6.85. The van der Waals surface area contributed by atoms with Crippen LogP contribution < -0.4 is 5.46 Å². The molecule has 0 amide bonds. The molecule has 0 atom stereocenters. The summed E-state index contributed by atoms with van der Waals surface area (Å²) in [5.74, 6) is 2.11. The SMILES string of the molecule is CCCc1cccc(C=C[B]c2ccccc2)c1. The lowest BCUT2D eigenvalue weighted by Gasteiger charge is -2.00. The Hall–Kier alpha value is -1.76. The van der Waals surface area contributed by atoms with Gasteiger partial charge in [0.25, 0.3) is 0 Å². The third-order valence-electron chi connectivity index (χ3n) is 2.87. The molecule has 0 spiro atoms. The standard InChI is InChI=1S/C17H18B/c1-2-7-15-8-6-9-16(14-15)12-13-18-17-10-4-3-5-11-17/h3-6,8-14H,2,7H2,1H3. The lowest BCUT2D eigenvalue weighted by molar-refractivity contribution is 0.921. The number of hydrogen-bond acceptors (Lipinski definition) is 0. The van der Waals surface area contributed by atoms with Crippen LogP contribution in [0.2, 0.25) is 0 Å². The maximum absolute atomic E-state index is 2.26. The Morgan fingerprint density at radius 1 is 1.00 bits per heavy atom. The minimum Gasteiger partial charge on any atom is -0.116 e. The van der Waals surface area contributed by atoms with Gasteiger partial charge in [0.15, 0.2) is 7.28 Å². The second-order valence-corrected chi connectivity index (χ2v) is 4.43. The zero-order chi connectivity index (χ0) is 12.6. The van der Waals surface area contributed by atoms with E-state index < -0.39 is 0 Å². The van der Waals surface area contributed by atoms with E-state index in [4.69, 9.17) is 0 Å². The Morgan fingerprint density at radius 2 is 1.83 bits per heavy atom. The lowest BCUT2D eigenvalue weighted by Crippen LogP contribution is -2.09. The second-order valence-electron chi connectivity index (χ2n) is 4.43. The van der Waals surface area contributed by atoms with Gasteiger partial charge in [-0.3, -0.25) is 0 Å². The number of benzene rings is 2. The first-order valence-corrected chi connectivity index (χ1v) is 6.54. The molecule has 0 aromatic heterocycles. The smallest absolute Gasteiger partial charge is 0.116 e. The first-order valence-electron chi connectivity index (χ1n) is 6.54. The molecule has 0 nitrogen and oxygen atoms in total. The molecule has 2 aromatic rings. The molecular formula is C17H18B. The number of rotatable bonds is 5. The zero-order valence-corrected chi connectivity index (χ0v) is 10.8. The third kappa shape index (κ3) is 3.92. The minimum atomic E-state index is 1.16. The van der Waals surface area contributed by atoms with Crippen LogP contribution in [0.4, 0.5) is 0 Å². The van der Waals surface area contributed by atoms with Crippen LogP contribution >= 0.6 is 0 Å². The van der Waals surface area contributed by atoms with E-state index in [0.29, 0.717) is 0 Å². The molecule has 0 N–H and O–H groups in total. The molecule has 89 valence electrons. The highest BCUT2D eigenvalue weighted by molar-refractivity contribution is 6.59. The minimum absolute atomic E-state index is 1.16. The van der Waals surface area contributed by atoms with Gasteiger partial charge in [-0.1, -0.05) is 79.5 Å². The molecule has 0 aliphatic carbocycles. The van der Waals surface area contributed by atoms with Crippen molar-refractivity contribution < 1.29 is 0 Å². The molecule has 0 saturated heterocycles. The average molecular weight is 233 g/mol. The van der Waals surface area contributed by atoms with Crippen molar-refractivity contribution in [3.05, 3.63) is 71.7 Å². The predicted molar refractivity (Wildman–Crippen MR) is 81.3 cm³/mol. The molecular weight excluding hydrogens is 215 g/mol. The summed E-state index contributed by atoms with van der Waals surface area (Å²) in [6.07, 6.45) is 4.51. The highest BCUT2D eigenvalue weighted by atomic mass is 14.0. The Morgan fingerprint density at radius 3 is 2.61 bits per heavy atom. The molecule has 0 unspecified atom stereocenters. The third-order valence-corrected chi connectivity index (χ3v) is 2.87. The van der Waals surface area contributed by atoms with Gasteiger partial charge in [0.1, 0.15) is 0 Å². The Kier molecular flexibility index (Phi) is 4.83. The highest BCUT2D eigenvalue weighted by Crippen LogP contribution is 2.08. The van der Waals surface area contributed by atoms with Crippen molar-refractivity contribution in [3.8, 4) is 0 Å². The van der Waals surface area contributed by atoms with Gasteiger partial charge in [-0.05, 0) is 17.5 Å². The van der Waals surface area contributed by atoms with E-state index in [0.717, 1.165) is 6.42 Å². The van der Waals surface area contributed by atoms with E-state index >= 15 is 0 Å². The van der Waals surface area contributed by atoms with E-state index in [2.05, 4.69) is 74.8 Å². The molecule has 0 aliphatic rings. The Bertz CT molecular complexity index is 500. The Labute approximate surface area is 111 Å². The summed E-state index contributed by atoms with van der Waals surface area (Å²) in [4.78, 5) is 0. The Balaban J connectivity index is 1.98. The van der Waals surface area contributed by atoms with E-state index in [9.17, 15) is 0 Å². The van der Waals surface area contributed by atoms with Crippen LogP contribution in [0.25, 0.3) is 6.08 Å². The van der Waals surface area contributed by atoms with Crippen molar-refractivity contribution in [2.45, 2.75) is 19.8 Å². The van der Waals surface area contributed by atoms with Gasteiger partial charge >= 0.3 is 0 Å². The van der Waals surface area contributed by atoms with Crippen molar-refractivity contribution >= 4 is 18.8 Å². The largest absolute Gasteiger partial charge is 0.181 e. The monoisotopic (exact) mass is 233 g/mol. The van der Waals surface area contributed by atoms with Crippen LogP contribution in [-0.2, 0) is 6.42 Å². The van der Waals surface area contributed by atoms with Gasteiger partial charge in [0.2, 0.25) is 0 Å². The first-order chi connectivity index (χ1) is 8.88. The highest BCUT2D eigenvalue weighted by Gasteiger charge is 1.93. The summed E-state index contributed by atoms with van der Waals surface area (Å²) in [7, 11) is 2.13. The topological polar surface area (TPSA) is 0 Å². The number of aryl methyl sites for hydroxylation is 1. The van der Waals surface area contributed by atoms with Crippen LogP contribution in [0.3, 0.4) is 0 Å². The molecule has 0 saturated carbocycles. The van der Waals surface area contributed by atoms with Crippen molar-refractivity contribution in [3.63, 3.8) is 0 Å². The first kappa shape index (κ1) is 12.7. The molecule has 0 heterocycles. The van der Waals surface area contributed by atoms with Gasteiger partial charge < -0.3 is 0 Å². The van der Waals surface area contributed by atoms with Crippen LogP contribution in [0, 0.1) is 0 Å². The molecule has 0 aliphatic heterocycles. The summed E-state index contributed by atoms with van der Waals surface area (Å²) >= 11 is 0. The molecule has 2 aromatic carbocycles. The van der Waals surface area contributed by atoms with Crippen molar-refractivity contribution in [2.24, 2.45) is 0 Å². The van der Waals surface area contributed by atoms with E-state index in [1.807, 2.05) is 6.07 Å². The van der Waals surface area contributed by atoms with Gasteiger partial charge in [0, 0.05) is 0 Å². The summed E-state index contributed by atoms with van der Waals surface area (Å²) in [5, 5.41) is 0. The van der Waals surface area contributed by atoms with Crippen LogP contribution in [0.1, 0.15) is 24.5 Å². The van der Waals surface area contributed by atoms with Crippen LogP contribution in [0.5, 0.6) is 0 Å². The maximum Gasteiger partial charge on any atom is 0.181 e. The van der Waals surface area contributed by atoms with E-state index in [1.165, 1.54) is 23.0 Å². The van der Waals surface area contributed by atoms with Crippen molar-refractivity contribution in [2.75, 3.05) is 0 Å². The fourth-order valence-corrected chi connectivity index (χ4v) is 1.98. The van der Waals surface area contributed by atoms with Crippen molar-refractivity contribution in [1.29, 1.82) is 0 Å². The molecule has 2 rings (SSSR count). The van der Waals surface area contributed by atoms with Crippen LogP contribution in [0.15, 0.2) is 60.6 Å². The van der Waals surface area contributed by atoms with Gasteiger partial charge in [-0.15, -0.1) is 5.98 Å². The quantitative estimate of drug-likeness (QED) is 0.691. The molecule has 1 heteroatoms. The van der Waals surface area contributed by atoms with E-state index in [-0.39, 0.29) is 0 Å². The summed E-state index contributed by atoms with van der Waals surface area (Å²) in [6.45, 7) is 2.21. The fourth-order valence-electron chi connectivity index (χ4n) is 1.98. The predicted octanol–water partition coefficient (Wildman–Crippen LogP) is 3.64. The molecule has 0 fully saturated rings. The zero-order valence-electron chi connectivity index (χ0n) is 10.8. The van der Waals surface area contributed by atoms with Crippen LogP contribution in [-0.4, -0.2) is 7.28 Å². The van der Waals surface area contributed by atoms with Crippen molar-refractivity contribution in [1.82, 2.24) is 0 Å². The van der Waals surface area contributed by atoms with Gasteiger partial charge in [-0.25, -0.2) is 0 Å². The van der Waals surface area contributed by atoms with Gasteiger partial charge in [-0.2, -0.15) is 0 Å².